The number of aliphatic hydroxyl groups excluding tert-OH is 3. The van der Waals surface area contributed by atoms with Crippen molar-refractivity contribution in [2.75, 3.05) is 0 Å². The number of benzene rings is 1. The molecule has 1 aromatic rings. The molecule has 1 aliphatic rings. The topological polar surface area (TPSA) is 98.0 Å². The Hall–Kier alpha value is -1.87. The number of aliphatic hydroxyl groups is 3. The molecule has 0 radical (unpaired) electrons. The van der Waals surface area contributed by atoms with Gasteiger partial charge in [0.15, 0.2) is 0 Å². The second-order valence-corrected chi connectivity index (χ2v) is 8.12. The average Bonchev–Trinajstić information content (AvgIpc) is 2.96. The lowest BCUT2D eigenvalue weighted by molar-refractivity contribution is -0.137. The van der Waals surface area contributed by atoms with E-state index in [0.717, 1.165) is 31.2 Å². The Morgan fingerprint density at radius 2 is 1.66 bits per heavy atom. The van der Waals surface area contributed by atoms with Crippen molar-refractivity contribution < 1.29 is 25.2 Å². The largest absolute Gasteiger partial charge is 0.481 e. The van der Waals surface area contributed by atoms with Crippen molar-refractivity contribution in [3.63, 3.8) is 0 Å². The van der Waals surface area contributed by atoms with Gasteiger partial charge in [-0.1, -0.05) is 61.4 Å². The standard InChI is InChI=1S/C24H34O5/c25-19(12-8-11-18-9-4-3-5-10-18)15-16-21-20(22(26)17-23(21)27)13-6-1-2-7-14-24(28)29/h3-5,9-10,19-23,25-27H,1-2,6-7,11,13-17H2,(H,28,29)/t19?,20-,21-,22+,23-/m1/s1. The smallest absolute Gasteiger partial charge is 0.303 e. The minimum atomic E-state index is -0.759. The van der Waals surface area contributed by atoms with Gasteiger partial charge in [-0.25, -0.2) is 0 Å². The third kappa shape index (κ3) is 8.57. The monoisotopic (exact) mass is 402 g/mol. The molecular formula is C24H34O5. The molecule has 0 bridgehead atoms. The van der Waals surface area contributed by atoms with E-state index in [1.54, 1.807) is 0 Å². The molecular weight excluding hydrogens is 368 g/mol. The Balaban J connectivity index is 1.73. The third-order valence-electron chi connectivity index (χ3n) is 5.88. The molecule has 1 fully saturated rings. The van der Waals surface area contributed by atoms with Crippen LogP contribution >= 0.6 is 0 Å². The van der Waals surface area contributed by atoms with Crippen LogP contribution in [-0.4, -0.2) is 44.7 Å². The van der Waals surface area contributed by atoms with Crippen LogP contribution in [0, 0.1) is 23.7 Å². The lowest BCUT2D eigenvalue weighted by atomic mass is 9.85. The fourth-order valence-electron chi connectivity index (χ4n) is 4.28. The molecule has 0 amide bonds. The summed E-state index contributed by atoms with van der Waals surface area (Å²) in [5.74, 6) is 5.16. The van der Waals surface area contributed by atoms with E-state index in [2.05, 4.69) is 11.8 Å². The second kappa shape index (κ2) is 12.6. The number of hydrogen-bond acceptors (Lipinski definition) is 4. The summed E-state index contributed by atoms with van der Waals surface area (Å²) in [7, 11) is 0. The molecule has 5 nitrogen and oxygen atoms in total. The van der Waals surface area contributed by atoms with Crippen LogP contribution in [0.2, 0.25) is 0 Å². The zero-order valence-corrected chi connectivity index (χ0v) is 17.0. The lowest BCUT2D eigenvalue weighted by Crippen LogP contribution is -2.23. The summed E-state index contributed by atoms with van der Waals surface area (Å²) < 4.78 is 0. The van der Waals surface area contributed by atoms with Gasteiger partial charge in [-0.3, -0.25) is 4.79 Å². The van der Waals surface area contributed by atoms with E-state index in [1.165, 1.54) is 0 Å². The second-order valence-electron chi connectivity index (χ2n) is 8.12. The summed E-state index contributed by atoms with van der Waals surface area (Å²) >= 11 is 0. The maximum absolute atomic E-state index is 10.5. The Kier molecular flexibility index (Phi) is 10.2. The molecule has 0 heterocycles. The van der Waals surface area contributed by atoms with Crippen molar-refractivity contribution in [2.45, 2.75) is 82.5 Å². The number of hydrogen-bond donors (Lipinski definition) is 4. The van der Waals surface area contributed by atoms with Gasteiger partial charge >= 0.3 is 5.97 Å². The molecule has 0 aliphatic heterocycles. The molecule has 0 spiro atoms. The van der Waals surface area contributed by atoms with E-state index in [0.29, 0.717) is 32.1 Å². The summed E-state index contributed by atoms with van der Waals surface area (Å²) in [5.41, 5.74) is 1.12. The van der Waals surface area contributed by atoms with Crippen LogP contribution in [-0.2, 0) is 11.2 Å². The van der Waals surface area contributed by atoms with Crippen LogP contribution in [0.15, 0.2) is 30.3 Å². The maximum Gasteiger partial charge on any atom is 0.303 e. The molecule has 160 valence electrons. The molecule has 5 atom stereocenters. The lowest BCUT2D eigenvalue weighted by Gasteiger charge is -2.24. The Morgan fingerprint density at radius 3 is 2.34 bits per heavy atom. The molecule has 29 heavy (non-hydrogen) atoms. The SMILES string of the molecule is O=C(O)CCCCCC[C@@H]1[C@@H](CCC(O)C#CCc2ccccc2)[C@H](O)C[C@@H]1O. The van der Waals surface area contributed by atoms with E-state index >= 15 is 0 Å². The van der Waals surface area contributed by atoms with Crippen LogP contribution in [0.25, 0.3) is 0 Å². The predicted molar refractivity (Wildman–Crippen MR) is 112 cm³/mol. The fraction of sp³-hybridized carbons (Fsp3) is 0.625. The van der Waals surface area contributed by atoms with Crippen LogP contribution < -0.4 is 0 Å². The number of unbranched alkanes of at least 4 members (excludes halogenated alkanes) is 3. The molecule has 5 heteroatoms. The van der Waals surface area contributed by atoms with Gasteiger partial charge in [-0.05, 0) is 49.5 Å². The molecule has 1 saturated carbocycles. The van der Waals surface area contributed by atoms with Gasteiger partial charge in [-0.2, -0.15) is 0 Å². The number of rotatable bonds is 11. The van der Waals surface area contributed by atoms with Crippen molar-refractivity contribution >= 4 is 5.97 Å². The highest BCUT2D eigenvalue weighted by Crippen LogP contribution is 2.39. The van der Waals surface area contributed by atoms with E-state index in [-0.39, 0.29) is 18.3 Å². The predicted octanol–water partition coefficient (Wildman–Crippen LogP) is 3.16. The van der Waals surface area contributed by atoms with E-state index in [9.17, 15) is 20.1 Å². The molecule has 2 rings (SSSR count). The highest BCUT2D eigenvalue weighted by Gasteiger charge is 2.40. The van der Waals surface area contributed by atoms with Crippen molar-refractivity contribution in [2.24, 2.45) is 11.8 Å². The number of carboxylic acid groups (broad SMARTS) is 1. The number of carboxylic acids is 1. The normalized spacial score (nSPS) is 24.7. The van der Waals surface area contributed by atoms with Crippen molar-refractivity contribution in [1.82, 2.24) is 0 Å². The van der Waals surface area contributed by atoms with E-state index in [1.807, 2.05) is 30.3 Å². The molecule has 1 aromatic carbocycles. The Morgan fingerprint density at radius 1 is 1.00 bits per heavy atom. The van der Waals surface area contributed by atoms with Crippen LogP contribution in [0.4, 0.5) is 0 Å². The van der Waals surface area contributed by atoms with Crippen molar-refractivity contribution in [1.29, 1.82) is 0 Å². The zero-order valence-electron chi connectivity index (χ0n) is 17.0. The quantitative estimate of drug-likeness (QED) is 0.337. The summed E-state index contributed by atoms with van der Waals surface area (Å²) in [6.07, 6.45) is 4.81. The van der Waals surface area contributed by atoms with Crippen LogP contribution in [0.3, 0.4) is 0 Å². The summed E-state index contributed by atoms with van der Waals surface area (Å²) in [4.78, 5) is 10.5. The highest BCUT2D eigenvalue weighted by atomic mass is 16.4. The van der Waals surface area contributed by atoms with E-state index < -0.39 is 24.3 Å². The average molecular weight is 403 g/mol. The first-order chi connectivity index (χ1) is 14.0. The van der Waals surface area contributed by atoms with E-state index in [4.69, 9.17) is 5.11 Å². The van der Waals surface area contributed by atoms with Gasteiger partial charge < -0.3 is 20.4 Å². The van der Waals surface area contributed by atoms with Crippen molar-refractivity contribution in [3.8, 4) is 11.8 Å². The van der Waals surface area contributed by atoms with Crippen LogP contribution in [0.1, 0.15) is 63.4 Å². The first-order valence-electron chi connectivity index (χ1n) is 10.8. The minimum Gasteiger partial charge on any atom is -0.481 e. The Bertz CT molecular complexity index is 663. The molecule has 0 aromatic heterocycles. The summed E-state index contributed by atoms with van der Waals surface area (Å²) in [6, 6.07) is 9.89. The van der Waals surface area contributed by atoms with Gasteiger partial charge in [0.25, 0.3) is 0 Å². The van der Waals surface area contributed by atoms with Gasteiger partial charge in [0.1, 0.15) is 6.10 Å². The van der Waals surface area contributed by atoms with Gasteiger partial charge in [0, 0.05) is 12.8 Å². The van der Waals surface area contributed by atoms with Crippen molar-refractivity contribution in [3.05, 3.63) is 35.9 Å². The zero-order chi connectivity index (χ0) is 21.1. The minimum absolute atomic E-state index is 0.0189. The summed E-state index contributed by atoms with van der Waals surface area (Å²) in [5, 5.41) is 39.5. The van der Waals surface area contributed by atoms with Gasteiger partial charge in [0.2, 0.25) is 0 Å². The number of carbonyl (C=O) groups is 1. The molecule has 1 aliphatic carbocycles. The summed E-state index contributed by atoms with van der Waals surface area (Å²) in [6.45, 7) is 0. The first kappa shape index (κ1) is 23.4. The van der Waals surface area contributed by atoms with Gasteiger partial charge in [-0.15, -0.1) is 0 Å². The molecule has 4 N–H and O–H groups in total. The number of aliphatic carboxylic acids is 1. The maximum atomic E-state index is 10.5. The highest BCUT2D eigenvalue weighted by molar-refractivity contribution is 5.66. The molecule has 0 saturated heterocycles. The van der Waals surface area contributed by atoms with Gasteiger partial charge in [0.05, 0.1) is 12.2 Å². The fourth-order valence-corrected chi connectivity index (χ4v) is 4.28. The third-order valence-corrected chi connectivity index (χ3v) is 5.88. The molecule has 1 unspecified atom stereocenters. The van der Waals surface area contributed by atoms with Crippen LogP contribution in [0.5, 0.6) is 0 Å². The Labute approximate surface area is 173 Å². The first-order valence-corrected chi connectivity index (χ1v) is 10.8.